The fourth-order valence-electron chi connectivity index (χ4n) is 1.59. The lowest BCUT2D eigenvalue weighted by Crippen LogP contribution is -1.96. The van der Waals surface area contributed by atoms with Gasteiger partial charge in [-0.25, -0.2) is 0 Å². The van der Waals surface area contributed by atoms with Gasteiger partial charge in [-0.3, -0.25) is 4.79 Å². The van der Waals surface area contributed by atoms with E-state index in [2.05, 4.69) is 11.4 Å². The highest BCUT2D eigenvalue weighted by molar-refractivity contribution is 7.28. The van der Waals surface area contributed by atoms with Crippen LogP contribution in [0.1, 0.15) is 20.1 Å². The Morgan fingerprint density at radius 3 is 2.62 bits per heavy atom. The number of rotatable bonds is 2. The maximum Gasteiger partial charge on any atom is 0.213 e. The maximum absolute atomic E-state index is 12.2. The van der Waals surface area contributed by atoms with E-state index in [0.29, 0.717) is 0 Å². The van der Waals surface area contributed by atoms with Crippen molar-refractivity contribution in [1.82, 2.24) is 0 Å². The van der Waals surface area contributed by atoms with Gasteiger partial charge >= 0.3 is 0 Å². The first-order valence-electron chi connectivity index (χ1n) is 4.81. The molecule has 0 aliphatic rings. The molecule has 0 unspecified atom stereocenters. The van der Waals surface area contributed by atoms with Gasteiger partial charge in [0, 0.05) is 9.40 Å². The fraction of sp³-hybridized carbons (Fsp3) is 0.0833. The van der Waals surface area contributed by atoms with Gasteiger partial charge in [0.15, 0.2) is 0 Å². The van der Waals surface area contributed by atoms with E-state index < -0.39 is 0 Å². The summed E-state index contributed by atoms with van der Waals surface area (Å²) in [5.74, 6) is 0.168. The van der Waals surface area contributed by atoms with Gasteiger partial charge in [-0.1, -0.05) is 0 Å². The summed E-state index contributed by atoms with van der Waals surface area (Å²) in [5.41, 5.74) is 1.08. The summed E-state index contributed by atoms with van der Waals surface area (Å²) in [6, 6.07) is 6.07. The molecule has 0 aromatic carbocycles. The monoisotopic (exact) mass is 264 g/mol. The topological polar surface area (TPSA) is 17.1 Å². The molecule has 4 heteroatoms. The number of carbonyl (C=O) groups excluding carboxylic acids is 1. The minimum absolute atomic E-state index is 0.168. The Hall–Kier alpha value is -0.970. The second-order valence-corrected chi connectivity index (χ2v) is 6.47. The Bertz CT molecular complexity index is 628. The van der Waals surface area contributed by atoms with Gasteiger partial charge in [0.1, 0.15) is 0 Å². The third kappa shape index (κ3) is 1.54. The van der Waals surface area contributed by atoms with Crippen molar-refractivity contribution in [3.8, 4) is 0 Å². The zero-order chi connectivity index (χ0) is 11.1. The molecular weight excluding hydrogens is 256 g/mol. The predicted octanol–water partition coefficient (Wildman–Crippen LogP) is 4.56. The van der Waals surface area contributed by atoms with Crippen molar-refractivity contribution in [3.05, 3.63) is 44.3 Å². The lowest BCUT2D eigenvalue weighted by molar-refractivity contribution is 0.104. The van der Waals surface area contributed by atoms with Crippen LogP contribution in [0.5, 0.6) is 0 Å². The van der Waals surface area contributed by atoms with Crippen molar-refractivity contribution < 1.29 is 4.79 Å². The smallest absolute Gasteiger partial charge is 0.213 e. The van der Waals surface area contributed by atoms with Crippen LogP contribution in [0.25, 0.3) is 9.40 Å². The fourth-order valence-corrected chi connectivity index (χ4v) is 4.59. The number of hydrogen-bond donors (Lipinski definition) is 0. The molecular formula is C12H8OS3. The molecule has 0 fully saturated rings. The number of ketones is 1. The highest BCUT2D eigenvalue weighted by Gasteiger charge is 2.16. The molecule has 3 aromatic heterocycles. The molecule has 0 saturated carbocycles. The summed E-state index contributed by atoms with van der Waals surface area (Å²) in [6.45, 7) is 1.99. The van der Waals surface area contributed by atoms with Crippen molar-refractivity contribution in [1.29, 1.82) is 0 Å². The van der Waals surface area contributed by atoms with E-state index in [0.717, 1.165) is 15.3 Å². The lowest BCUT2D eigenvalue weighted by Gasteiger charge is -1.94. The molecule has 0 amide bonds. The first-order valence-corrected chi connectivity index (χ1v) is 7.39. The molecule has 1 nitrogen and oxygen atoms in total. The molecule has 80 valence electrons. The number of hydrogen-bond acceptors (Lipinski definition) is 4. The molecule has 0 spiro atoms. The standard InChI is InChI=1S/C12H8OS3/c1-7-2-4-15-12(7)11(13)10-6-9-8(16-10)3-5-14-9/h2-6H,1H3. The minimum Gasteiger partial charge on any atom is -0.287 e. The van der Waals surface area contributed by atoms with E-state index in [9.17, 15) is 4.79 Å². The van der Waals surface area contributed by atoms with Gasteiger partial charge in [0.05, 0.1) is 9.75 Å². The van der Waals surface area contributed by atoms with Crippen molar-refractivity contribution in [3.63, 3.8) is 0 Å². The van der Waals surface area contributed by atoms with Gasteiger partial charge < -0.3 is 0 Å². The summed E-state index contributed by atoms with van der Waals surface area (Å²) < 4.78 is 2.42. The molecule has 3 heterocycles. The quantitative estimate of drug-likeness (QED) is 0.620. The van der Waals surface area contributed by atoms with E-state index in [1.165, 1.54) is 20.7 Å². The van der Waals surface area contributed by atoms with E-state index in [-0.39, 0.29) is 5.78 Å². The molecule has 0 N–H and O–H groups in total. The van der Waals surface area contributed by atoms with Crippen LogP contribution in [0.15, 0.2) is 29.0 Å². The maximum atomic E-state index is 12.2. The summed E-state index contributed by atoms with van der Waals surface area (Å²) >= 11 is 4.80. The number of aryl methyl sites for hydroxylation is 1. The first-order chi connectivity index (χ1) is 7.75. The molecule has 3 aromatic rings. The first kappa shape index (κ1) is 10.2. The summed E-state index contributed by atoms with van der Waals surface area (Å²) in [4.78, 5) is 13.9. The van der Waals surface area contributed by atoms with Crippen LogP contribution in [0.2, 0.25) is 0 Å². The van der Waals surface area contributed by atoms with Crippen LogP contribution in [-0.2, 0) is 0 Å². The highest BCUT2D eigenvalue weighted by atomic mass is 32.1. The molecule has 3 rings (SSSR count). The van der Waals surface area contributed by atoms with Gasteiger partial charge in [0.2, 0.25) is 5.78 Å². The van der Waals surface area contributed by atoms with Gasteiger partial charge in [-0.05, 0) is 41.4 Å². The predicted molar refractivity (Wildman–Crippen MR) is 72.2 cm³/mol. The zero-order valence-corrected chi connectivity index (χ0v) is 11.0. The summed E-state index contributed by atoms with van der Waals surface area (Å²) in [6.07, 6.45) is 0. The number of fused-ring (bicyclic) bond motifs is 1. The van der Waals surface area contributed by atoms with E-state index in [4.69, 9.17) is 0 Å². The molecule has 0 aliphatic heterocycles. The van der Waals surface area contributed by atoms with Crippen LogP contribution in [-0.4, -0.2) is 5.78 Å². The molecule has 0 atom stereocenters. The van der Waals surface area contributed by atoms with Crippen LogP contribution in [0, 0.1) is 6.92 Å². The zero-order valence-electron chi connectivity index (χ0n) is 8.52. The Morgan fingerprint density at radius 2 is 1.94 bits per heavy atom. The molecule has 16 heavy (non-hydrogen) atoms. The van der Waals surface area contributed by atoms with Crippen LogP contribution in [0.3, 0.4) is 0 Å². The second-order valence-electron chi connectivity index (χ2n) is 3.52. The Labute approximate surface area is 105 Å². The van der Waals surface area contributed by atoms with Crippen molar-refractivity contribution in [2.45, 2.75) is 6.92 Å². The van der Waals surface area contributed by atoms with Crippen LogP contribution in [0.4, 0.5) is 0 Å². The van der Waals surface area contributed by atoms with E-state index in [1.54, 1.807) is 22.7 Å². The molecule has 0 saturated heterocycles. The largest absolute Gasteiger partial charge is 0.287 e. The van der Waals surface area contributed by atoms with E-state index in [1.807, 2.05) is 24.4 Å². The van der Waals surface area contributed by atoms with Gasteiger partial charge in [0.25, 0.3) is 0 Å². The number of thiophene rings is 3. The third-order valence-electron chi connectivity index (χ3n) is 2.43. The van der Waals surface area contributed by atoms with Crippen molar-refractivity contribution in [2.75, 3.05) is 0 Å². The van der Waals surface area contributed by atoms with E-state index >= 15 is 0 Å². The van der Waals surface area contributed by atoms with Crippen LogP contribution >= 0.6 is 34.0 Å². The normalized spacial score (nSPS) is 11.1. The number of carbonyl (C=O) groups is 1. The average molecular weight is 264 g/mol. The van der Waals surface area contributed by atoms with Crippen molar-refractivity contribution >= 4 is 49.2 Å². The summed E-state index contributed by atoms with van der Waals surface area (Å²) in [7, 11) is 0. The second kappa shape index (κ2) is 3.80. The Kier molecular flexibility index (Phi) is 2.42. The Balaban J connectivity index is 2.08. The molecule has 0 radical (unpaired) electrons. The van der Waals surface area contributed by atoms with Crippen LogP contribution < -0.4 is 0 Å². The molecule has 0 bridgehead atoms. The minimum atomic E-state index is 0.168. The Morgan fingerprint density at radius 1 is 1.12 bits per heavy atom. The van der Waals surface area contributed by atoms with Crippen molar-refractivity contribution in [2.24, 2.45) is 0 Å². The van der Waals surface area contributed by atoms with Gasteiger partial charge in [-0.15, -0.1) is 34.0 Å². The average Bonchev–Trinajstić information content (AvgIpc) is 2.89. The highest BCUT2D eigenvalue weighted by Crippen LogP contribution is 2.32. The molecule has 0 aliphatic carbocycles. The SMILES string of the molecule is Cc1ccsc1C(=O)c1cc2sccc2s1. The summed E-state index contributed by atoms with van der Waals surface area (Å²) in [5, 5.41) is 4.03. The third-order valence-corrected chi connectivity index (χ3v) is 5.54. The van der Waals surface area contributed by atoms with Gasteiger partial charge in [-0.2, -0.15) is 0 Å². The lowest BCUT2D eigenvalue weighted by atomic mass is 10.2.